The van der Waals surface area contributed by atoms with Crippen LogP contribution in [0.2, 0.25) is 0 Å². The van der Waals surface area contributed by atoms with E-state index in [9.17, 15) is 9.18 Å². The quantitative estimate of drug-likeness (QED) is 0.574. The molecule has 2 rings (SSSR count). The summed E-state index contributed by atoms with van der Waals surface area (Å²) in [6, 6.07) is 6.37. The first-order valence-electron chi connectivity index (χ1n) is 6.91. The van der Waals surface area contributed by atoms with Gasteiger partial charge in [-0.1, -0.05) is 43.5 Å². The molecular weight excluding hydrogens is 257 g/mol. The molecule has 4 nitrogen and oxygen atoms in total. The van der Waals surface area contributed by atoms with Crippen LogP contribution in [0.4, 0.5) is 4.39 Å². The summed E-state index contributed by atoms with van der Waals surface area (Å²) < 4.78 is 15.5. The maximum atomic E-state index is 13.9. The number of aromatic nitrogens is 3. The van der Waals surface area contributed by atoms with Gasteiger partial charge in [-0.2, -0.15) is 0 Å². The minimum absolute atomic E-state index is 0.186. The first kappa shape index (κ1) is 14.4. The lowest BCUT2D eigenvalue weighted by Crippen LogP contribution is -2.04. The third-order valence-corrected chi connectivity index (χ3v) is 3.23. The van der Waals surface area contributed by atoms with Crippen LogP contribution in [0.3, 0.4) is 0 Å². The molecule has 2 aromatic rings. The fourth-order valence-electron chi connectivity index (χ4n) is 2.18. The maximum Gasteiger partial charge on any atom is 0.172 e. The van der Waals surface area contributed by atoms with Gasteiger partial charge < -0.3 is 0 Å². The van der Waals surface area contributed by atoms with Gasteiger partial charge in [-0.05, 0) is 18.6 Å². The van der Waals surface area contributed by atoms with Crippen LogP contribution in [0.15, 0.2) is 24.3 Å². The Morgan fingerprint density at radius 3 is 2.75 bits per heavy atom. The highest BCUT2D eigenvalue weighted by Crippen LogP contribution is 2.24. The number of hydrogen-bond acceptors (Lipinski definition) is 3. The molecule has 5 heteroatoms. The fourth-order valence-corrected chi connectivity index (χ4v) is 2.18. The smallest absolute Gasteiger partial charge is 0.172 e. The molecule has 0 unspecified atom stereocenters. The predicted molar refractivity (Wildman–Crippen MR) is 74.9 cm³/mol. The van der Waals surface area contributed by atoms with E-state index < -0.39 is 0 Å². The van der Waals surface area contributed by atoms with Gasteiger partial charge in [0.15, 0.2) is 12.0 Å². The van der Waals surface area contributed by atoms with Gasteiger partial charge in [0.05, 0.1) is 0 Å². The molecule has 0 aliphatic carbocycles. The van der Waals surface area contributed by atoms with Crippen LogP contribution in [0, 0.1) is 5.82 Å². The van der Waals surface area contributed by atoms with Crippen molar-refractivity contribution in [3.63, 3.8) is 0 Å². The zero-order valence-corrected chi connectivity index (χ0v) is 11.6. The predicted octanol–water partition coefficient (Wildman–Crippen LogP) is 3.48. The molecular formula is C15H18FN3O. The molecule has 0 atom stereocenters. The SMILES string of the molecule is CCCCCCn1nnc(C=O)c1-c1ccccc1F. The molecule has 0 radical (unpaired) electrons. The average Bonchev–Trinajstić information content (AvgIpc) is 2.87. The number of halogens is 1. The number of aryl methyl sites for hydroxylation is 1. The molecule has 0 aliphatic rings. The lowest BCUT2D eigenvalue weighted by atomic mass is 10.1. The molecule has 0 aliphatic heterocycles. The number of carbonyl (C=O) groups excluding carboxylic acids is 1. The molecule has 0 saturated heterocycles. The Balaban J connectivity index is 2.28. The molecule has 0 saturated carbocycles. The van der Waals surface area contributed by atoms with Gasteiger partial charge in [-0.15, -0.1) is 5.10 Å². The highest BCUT2D eigenvalue weighted by Gasteiger charge is 2.17. The second-order valence-corrected chi connectivity index (χ2v) is 4.70. The number of aldehydes is 1. The van der Waals surface area contributed by atoms with Gasteiger partial charge in [0.25, 0.3) is 0 Å². The van der Waals surface area contributed by atoms with E-state index >= 15 is 0 Å². The van der Waals surface area contributed by atoms with Crippen LogP contribution in [0.5, 0.6) is 0 Å². The van der Waals surface area contributed by atoms with Crippen molar-refractivity contribution < 1.29 is 9.18 Å². The largest absolute Gasteiger partial charge is 0.296 e. The van der Waals surface area contributed by atoms with Gasteiger partial charge in [-0.25, -0.2) is 9.07 Å². The van der Waals surface area contributed by atoms with E-state index in [2.05, 4.69) is 17.2 Å². The number of rotatable bonds is 7. The zero-order valence-electron chi connectivity index (χ0n) is 11.6. The van der Waals surface area contributed by atoms with Crippen molar-refractivity contribution in [2.45, 2.75) is 39.2 Å². The Labute approximate surface area is 117 Å². The van der Waals surface area contributed by atoms with Crippen molar-refractivity contribution in [3.05, 3.63) is 35.8 Å². The first-order chi connectivity index (χ1) is 9.77. The maximum absolute atomic E-state index is 13.9. The van der Waals surface area contributed by atoms with Gasteiger partial charge >= 0.3 is 0 Å². The highest BCUT2D eigenvalue weighted by molar-refractivity contribution is 5.83. The minimum Gasteiger partial charge on any atom is -0.296 e. The van der Waals surface area contributed by atoms with Crippen LogP contribution < -0.4 is 0 Å². The Hall–Kier alpha value is -2.04. The Morgan fingerprint density at radius 2 is 2.05 bits per heavy atom. The third kappa shape index (κ3) is 3.10. The highest BCUT2D eigenvalue weighted by atomic mass is 19.1. The second kappa shape index (κ2) is 6.93. The van der Waals surface area contributed by atoms with Gasteiger partial charge in [0, 0.05) is 12.1 Å². The van der Waals surface area contributed by atoms with E-state index in [0.29, 0.717) is 24.1 Å². The number of unbranched alkanes of at least 4 members (excludes halogenated alkanes) is 3. The average molecular weight is 275 g/mol. The number of nitrogens with zero attached hydrogens (tertiary/aromatic N) is 3. The first-order valence-corrected chi connectivity index (χ1v) is 6.91. The van der Waals surface area contributed by atoms with E-state index in [4.69, 9.17) is 0 Å². The van der Waals surface area contributed by atoms with E-state index in [1.54, 1.807) is 22.9 Å². The molecule has 106 valence electrons. The Morgan fingerprint density at radius 1 is 1.25 bits per heavy atom. The van der Waals surface area contributed by atoms with E-state index in [0.717, 1.165) is 25.7 Å². The normalized spacial score (nSPS) is 10.7. The molecule has 0 fully saturated rings. The summed E-state index contributed by atoms with van der Waals surface area (Å²) in [7, 11) is 0. The molecule has 0 N–H and O–H groups in total. The summed E-state index contributed by atoms with van der Waals surface area (Å²) in [5.74, 6) is -0.368. The molecule has 1 heterocycles. The topological polar surface area (TPSA) is 47.8 Å². The monoisotopic (exact) mass is 275 g/mol. The zero-order chi connectivity index (χ0) is 14.4. The fraction of sp³-hybridized carbons (Fsp3) is 0.400. The summed E-state index contributed by atoms with van der Waals surface area (Å²) in [4.78, 5) is 11.1. The van der Waals surface area contributed by atoms with Crippen molar-refractivity contribution in [3.8, 4) is 11.3 Å². The molecule has 0 bridgehead atoms. The van der Waals surface area contributed by atoms with Crippen molar-refractivity contribution >= 4 is 6.29 Å². The van der Waals surface area contributed by atoms with E-state index in [1.807, 2.05) is 0 Å². The van der Waals surface area contributed by atoms with Crippen LogP contribution in [-0.2, 0) is 6.54 Å². The van der Waals surface area contributed by atoms with Gasteiger partial charge in [0.2, 0.25) is 0 Å². The Bertz CT molecular complexity index is 580. The van der Waals surface area contributed by atoms with Crippen LogP contribution in [0.25, 0.3) is 11.3 Å². The van der Waals surface area contributed by atoms with Crippen LogP contribution in [0.1, 0.15) is 43.1 Å². The van der Waals surface area contributed by atoms with Crippen LogP contribution >= 0.6 is 0 Å². The molecule has 20 heavy (non-hydrogen) atoms. The summed E-state index contributed by atoms with van der Waals surface area (Å²) in [5.41, 5.74) is 1.02. The third-order valence-electron chi connectivity index (χ3n) is 3.23. The van der Waals surface area contributed by atoms with Crippen molar-refractivity contribution in [1.82, 2.24) is 15.0 Å². The van der Waals surface area contributed by atoms with E-state index in [1.165, 1.54) is 6.07 Å². The summed E-state index contributed by atoms with van der Waals surface area (Å²) in [6.07, 6.45) is 4.96. The van der Waals surface area contributed by atoms with Crippen molar-refractivity contribution in [2.24, 2.45) is 0 Å². The van der Waals surface area contributed by atoms with E-state index in [-0.39, 0.29) is 11.5 Å². The van der Waals surface area contributed by atoms with Crippen molar-refractivity contribution in [2.75, 3.05) is 0 Å². The summed E-state index contributed by atoms with van der Waals surface area (Å²) in [6.45, 7) is 2.79. The molecule has 0 spiro atoms. The lowest BCUT2D eigenvalue weighted by molar-refractivity contribution is 0.111. The van der Waals surface area contributed by atoms with Gasteiger partial charge in [0.1, 0.15) is 11.5 Å². The number of hydrogen-bond donors (Lipinski definition) is 0. The summed E-state index contributed by atoms with van der Waals surface area (Å²) in [5, 5.41) is 7.80. The standard InChI is InChI=1S/C15H18FN3O/c1-2-3-4-7-10-19-15(14(11-20)17-18-19)12-8-5-6-9-13(12)16/h5-6,8-9,11H,2-4,7,10H2,1H3. The molecule has 0 amide bonds. The minimum atomic E-state index is -0.368. The summed E-state index contributed by atoms with van der Waals surface area (Å²) >= 11 is 0. The van der Waals surface area contributed by atoms with Crippen LogP contribution in [-0.4, -0.2) is 21.3 Å². The van der Waals surface area contributed by atoms with Gasteiger partial charge in [-0.3, -0.25) is 4.79 Å². The second-order valence-electron chi connectivity index (χ2n) is 4.70. The lowest BCUT2D eigenvalue weighted by Gasteiger charge is -2.07. The molecule has 1 aromatic heterocycles. The Kier molecular flexibility index (Phi) is 4.98. The number of carbonyl (C=O) groups is 1. The molecule has 1 aromatic carbocycles. The van der Waals surface area contributed by atoms with Crippen molar-refractivity contribution in [1.29, 1.82) is 0 Å². The number of benzene rings is 1.